The van der Waals surface area contributed by atoms with E-state index < -0.39 is 6.10 Å². The Morgan fingerprint density at radius 2 is 1.91 bits per heavy atom. The summed E-state index contributed by atoms with van der Waals surface area (Å²) in [6.45, 7) is 6.69. The molecule has 4 rings (SSSR count). The van der Waals surface area contributed by atoms with Gasteiger partial charge in [0.25, 0.3) is 11.8 Å². The van der Waals surface area contributed by atoms with E-state index in [4.69, 9.17) is 4.74 Å². The van der Waals surface area contributed by atoms with E-state index in [1.54, 1.807) is 11.0 Å². The van der Waals surface area contributed by atoms with Crippen molar-refractivity contribution in [1.29, 1.82) is 0 Å². The van der Waals surface area contributed by atoms with Crippen LogP contribution in [0.1, 0.15) is 41.2 Å². The van der Waals surface area contributed by atoms with Gasteiger partial charge in [-0.25, -0.2) is 4.98 Å². The molecular weight excluding hydrogens is 422 g/mol. The number of thiazole rings is 1. The number of hydrogen-bond donors (Lipinski definition) is 1. The molecule has 1 atom stereocenters. The first-order chi connectivity index (χ1) is 15.5. The summed E-state index contributed by atoms with van der Waals surface area (Å²) in [4.78, 5) is 33.1. The quantitative estimate of drug-likeness (QED) is 0.596. The van der Waals surface area contributed by atoms with Crippen LogP contribution in [-0.2, 0) is 11.2 Å². The SMILES string of the molecule is CCCNC(=O)[C@H]1CN(C(=O)c2sc(-c3ccc(CC)cc3)nc2C)c2ccccc2O1. The van der Waals surface area contributed by atoms with Crippen LogP contribution < -0.4 is 15.0 Å². The van der Waals surface area contributed by atoms with E-state index in [2.05, 4.69) is 29.4 Å². The fourth-order valence-corrected chi connectivity index (χ4v) is 4.67. The number of amides is 2. The molecule has 1 aromatic heterocycles. The van der Waals surface area contributed by atoms with Crippen molar-refractivity contribution in [3.8, 4) is 16.3 Å². The number of para-hydroxylation sites is 2. The van der Waals surface area contributed by atoms with Gasteiger partial charge < -0.3 is 10.1 Å². The minimum absolute atomic E-state index is 0.156. The van der Waals surface area contributed by atoms with Crippen LogP contribution in [0.4, 0.5) is 5.69 Å². The molecule has 0 bridgehead atoms. The Morgan fingerprint density at radius 1 is 1.16 bits per heavy atom. The zero-order valence-electron chi connectivity index (χ0n) is 18.6. The van der Waals surface area contributed by atoms with Gasteiger partial charge in [-0.1, -0.05) is 50.2 Å². The molecule has 0 saturated heterocycles. The van der Waals surface area contributed by atoms with Gasteiger partial charge in [-0.15, -0.1) is 11.3 Å². The number of hydrogen-bond acceptors (Lipinski definition) is 5. The molecule has 0 radical (unpaired) electrons. The third kappa shape index (κ3) is 4.39. The molecule has 166 valence electrons. The largest absolute Gasteiger partial charge is 0.477 e. The second kappa shape index (κ2) is 9.53. The molecule has 2 heterocycles. The predicted octanol–water partition coefficient (Wildman–Crippen LogP) is 4.61. The summed E-state index contributed by atoms with van der Waals surface area (Å²) in [5, 5.41) is 3.68. The van der Waals surface area contributed by atoms with Gasteiger partial charge in [0.15, 0.2) is 6.10 Å². The Balaban J connectivity index is 1.64. The van der Waals surface area contributed by atoms with E-state index >= 15 is 0 Å². The lowest BCUT2D eigenvalue weighted by molar-refractivity contribution is -0.127. The topological polar surface area (TPSA) is 71.5 Å². The third-order valence-electron chi connectivity index (χ3n) is 5.46. The van der Waals surface area contributed by atoms with Crippen LogP contribution in [0.2, 0.25) is 0 Å². The third-order valence-corrected chi connectivity index (χ3v) is 6.65. The standard InChI is InChI=1S/C25H27N3O3S/c1-4-14-26-23(29)21-15-28(19-8-6-7-9-20(19)31-21)25(30)22-16(3)27-24(32-22)18-12-10-17(5-2)11-13-18/h6-13,21H,4-5,14-15H2,1-3H3,(H,26,29)/t21-/m1/s1. The molecule has 1 N–H and O–H groups in total. The van der Waals surface area contributed by atoms with Crippen LogP contribution >= 0.6 is 11.3 Å². The molecule has 32 heavy (non-hydrogen) atoms. The van der Waals surface area contributed by atoms with Crippen molar-refractivity contribution in [1.82, 2.24) is 10.3 Å². The summed E-state index contributed by atoms with van der Waals surface area (Å²) >= 11 is 1.38. The molecule has 0 fully saturated rings. The van der Waals surface area contributed by atoms with Gasteiger partial charge >= 0.3 is 0 Å². The van der Waals surface area contributed by atoms with E-state index in [9.17, 15) is 9.59 Å². The van der Waals surface area contributed by atoms with Crippen molar-refractivity contribution < 1.29 is 14.3 Å². The summed E-state index contributed by atoms with van der Waals surface area (Å²) in [6.07, 6.45) is 1.05. The zero-order chi connectivity index (χ0) is 22.7. The molecule has 7 heteroatoms. The van der Waals surface area contributed by atoms with Crippen molar-refractivity contribution >= 4 is 28.8 Å². The molecule has 2 aromatic carbocycles. The van der Waals surface area contributed by atoms with Gasteiger partial charge in [-0.2, -0.15) is 0 Å². The lowest BCUT2D eigenvalue weighted by atomic mass is 10.1. The number of nitrogens with zero attached hydrogens (tertiary/aromatic N) is 2. The second-order valence-corrected chi connectivity index (χ2v) is 8.76. The fourth-order valence-electron chi connectivity index (χ4n) is 3.65. The van der Waals surface area contributed by atoms with Gasteiger partial charge in [0.05, 0.1) is 17.9 Å². The number of rotatable bonds is 6. The van der Waals surface area contributed by atoms with Crippen LogP contribution in [-0.4, -0.2) is 36.0 Å². The first-order valence-electron chi connectivity index (χ1n) is 10.9. The maximum absolute atomic E-state index is 13.6. The molecular formula is C25H27N3O3S. The summed E-state index contributed by atoms with van der Waals surface area (Å²) in [5.41, 5.74) is 3.61. The van der Waals surface area contributed by atoms with Gasteiger partial charge in [0.2, 0.25) is 0 Å². The summed E-state index contributed by atoms with van der Waals surface area (Å²) < 4.78 is 5.92. The smallest absolute Gasteiger partial charge is 0.270 e. The fraction of sp³-hybridized carbons (Fsp3) is 0.320. The second-order valence-electron chi connectivity index (χ2n) is 7.77. The van der Waals surface area contributed by atoms with E-state index in [1.807, 2.05) is 44.2 Å². The van der Waals surface area contributed by atoms with Crippen molar-refractivity contribution in [2.24, 2.45) is 0 Å². The highest BCUT2D eigenvalue weighted by Crippen LogP contribution is 2.36. The Labute approximate surface area is 192 Å². The highest BCUT2D eigenvalue weighted by molar-refractivity contribution is 7.17. The molecule has 0 saturated carbocycles. The first-order valence-corrected chi connectivity index (χ1v) is 11.8. The number of nitrogens with one attached hydrogen (secondary N) is 1. The van der Waals surface area contributed by atoms with Crippen LogP contribution in [0.15, 0.2) is 48.5 Å². The average molecular weight is 450 g/mol. The Kier molecular flexibility index (Phi) is 6.55. The highest BCUT2D eigenvalue weighted by Gasteiger charge is 2.35. The number of ether oxygens (including phenoxy) is 1. The molecule has 1 aliphatic rings. The van der Waals surface area contributed by atoms with Gasteiger partial charge in [-0.3, -0.25) is 14.5 Å². The number of benzene rings is 2. The lowest BCUT2D eigenvalue weighted by Crippen LogP contribution is -2.50. The molecule has 6 nitrogen and oxygen atoms in total. The predicted molar refractivity (Wildman–Crippen MR) is 128 cm³/mol. The highest BCUT2D eigenvalue weighted by atomic mass is 32.1. The number of carbonyl (C=O) groups excluding carboxylic acids is 2. The van der Waals surface area contributed by atoms with Crippen LogP contribution in [0.25, 0.3) is 10.6 Å². The van der Waals surface area contributed by atoms with E-state index in [0.29, 0.717) is 28.6 Å². The number of anilines is 1. The molecule has 2 amide bonds. The molecule has 0 spiro atoms. The van der Waals surface area contributed by atoms with Crippen molar-refractivity contribution in [2.75, 3.05) is 18.0 Å². The minimum atomic E-state index is -0.755. The van der Waals surface area contributed by atoms with Crippen molar-refractivity contribution in [3.05, 3.63) is 64.7 Å². The van der Waals surface area contributed by atoms with Crippen molar-refractivity contribution in [3.63, 3.8) is 0 Å². The van der Waals surface area contributed by atoms with Crippen LogP contribution in [0.5, 0.6) is 5.75 Å². The zero-order valence-corrected chi connectivity index (χ0v) is 19.4. The lowest BCUT2D eigenvalue weighted by Gasteiger charge is -2.34. The summed E-state index contributed by atoms with van der Waals surface area (Å²) in [7, 11) is 0. The number of aromatic nitrogens is 1. The molecule has 3 aromatic rings. The monoisotopic (exact) mass is 449 g/mol. The Morgan fingerprint density at radius 3 is 2.62 bits per heavy atom. The Bertz CT molecular complexity index is 1120. The molecule has 0 unspecified atom stereocenters. The number of aryl methyl sites for hydroxylation is 2. The minimum Gasteiger partial charge on any atom is -0.477 e. The first kappa shape index (κ1) is 22.0. The average Bonchev–Trinajstić information content (AvgIpc) is 3.22. The number of fused-ring (bicyclic) bond motifs is 1. The van der Waals surface area contributed by atoms with E-state index in [0.717, 1.165) is 23.4 Å². The molecule has 0 aliphatic carbocycles. The van der Waals surface area contributed by atoms with E-state index in [1.165, 1.54) is 16.9 Å². The normalized spacial score (nSPS) is 15.1. The van der Waals surface area contributed by atoms with Gasteiger partial charge in [-0.05, 0) is 37.5 Å². The number of carbonyl (C=O) groups is 2. The maximum atomic E-state index is 13.6. The van der Waals surface area contributed by atoms with Gasteiger partial charge in [0.1, 0.15) is 15.6 Å². The summed E-state index contributed by atoms with van der Waals surface area (Å²) in [6, 6.07) is 15.6. The summed E-state index contributed by atoms with van der Waals surface area (Å²) in [5.74, 6) is 0.152. The van der Waals surface area contributed by atoms with Crippen LogP contribution in [0, 0.1) is 6.92 Å². The van der Waals surface area contributed by atoms with Crippen molar-refractivity contribution in [2.45, 2.75) is 39.7 Å². The van der Waals surface area contributed by atoms with E-state index in [-0.39, 0.29) is 18.4 Å². The molecule has 1 aliphatic heterocycles. The van der Waals surface area contributed by atoms with Gasteiger partial charge in [0, 0.05) is 12.1 Å². The Hall–Kier alpha value is -3.19. The maximum Gasteiger partial charge on any atom is 0.270 e. The van der Waals surface area contributed by atoms with Crippen LogP contribution in [0.3, 0.4) is 0 Å².